The monoisotopic (exact) mass is 390 g/mol. The number of anilines is 1. The van der Waals surface area contributed by atoms with Gasteiger partial charge in [0.05, 0.1) is 5.54 Å². The lowest BCUT2D eigenvalue weighted by Crippen LogP contribution is -2.34. The Morgan fingerprint density at radius 3 is 2.73 bits per heavy atom. The molecule has 1 aliphatic carbocycles. The summed E-state index contributed by atoms with van der Waals surface area (Å²) in [6.07, 6.45) is 3.79. The predicted molar refractivity (Wildman–Crippen MR) is 99.2 cm³/mol. The Kier molecular flexibility index (Phi) is 4.29. The first-order valence-corrected chi connectivity index (χ1v) is 10.6. The normalized spacial score (nSPS) is 16.7. The van der Waals surface area contributed by atoms with Gasteiger partial charge in [0.25, 0.3) is 15.9 Å². The lowest BCUT2D eigenvalue weighted by Gasteiger charge is -2.17. The number of benzene rings is 1. The van der Waals surface area contributed by atoms with Crippen molar-refractivity contribution in [2.24, 2.45) is 5.73 Å². The summed E-state index contributed by atoms with van der Waals surface area (Å²) in [6.45, 7) is 0. The van der Waals surface area contributed by atoms with Gasteiger partial charge in [0.2, 0.25) is 0 Å². The van der Waals surface area contributed by atoms with E-state index in [4.69, 9.17) is 10.3 Å². The molecule has 1 aromatic carbocycles. The number of aromatic nitrogens is 2. The van der Waals surface area contributed by atoms with Crippen LogP contribution in [-0.4, -0.2) is 18.6 Å². The van der Waals surface area contributed by atoms with Crippen LogP contribution in [0.15, 0.2) is 50.5 Å². The maximum atomic E-state index is 12.4. The lowest BCUT2D eigenvalue weighted by atomic mass is 9.99. The minimum absolute atomic E-state index is 0.259. The van der Waals surface area contributed by atoms with Crippen molar-refractivity contribution in [1.82, 2.24) is 10.1 Å². The van der Waals surface area contributed by atoms with Gasteiger partial charge in [-0.3, -0.25) is 4.72 Å². The molecule has 0 radical (unpaired) electrons. The molecule has 3 aromatic rings. The van der Waals surface area contributed by atoms with E-state index in [2.05, 4.69) is 14.9 Å². The van der Waals surface area contributed by atoms with Crippen molar-refractivity contribution in [1.29, 1.82) is 0 Å². The van der Waals surface area contributed by atoms with Gasteiger partial charge in [0, 0.05) is 11.3 Å². The fourth-order valence-corrected chi connectivity index (χ4v) is 5.15. The number of thiophene rings is 1. The van der Waals surface area contributed by atoms with Crippen LogP contribution in [0.1, 0.15) is 31.5 Å². The summed E-state index contributed by atoms with van der Waals surface area (Å²) < 4.78 is 32.9. The van der Waals surface area contributed by atoms with E-state index in [1.165, 1.54) is 0 Å². The minimum Gasteiger partial charge on any atom is -0.334 e. The Morgan fingerprint density at radius 2 is 2.00 bits per heavy atom. The number of hydrogen-bond acceptors (Lipinski definition) is 7. The molecule has 7 nitrogen and oxygen atoms in total. The van der Waals surface area contributed by atoms with E-state index in [1.807, 2.05) is 0 Å². The fourth-order valence-electron chi connectivity index (χ4n) is 3.11. The van der Waals surface area contributed by atoms with Crippen LogP contribution in [0.3, 0.4) is 0 Å². The Bertz CT molecular complexity index is 1010. The molecule has 2 aromatic heterocycles. The molecule has 0 atom stereocenters. The summed E-state index contributed by atoms with van der Waals surface area (Å²) in [4.78, 5) is 4.44. The van der Waals surface area contributed by atoms with E-state index in [0.717, 1.165) is 37.0 Å². The van der Waals surface area contributed by atoms with Crippen molar-refractivity contribution in [3.05, 3.63) is 47.6 Å². The molecule has 0 aliphatic heterocycles. The maximum absolute atomic E-state index is 12.4. The van der Waals surface area contributed by atoms with E-state index in [9.17, 15) is 8.42 Å². The zero-order chi connectivity index (χ0) is 18.2. The summed E-state index contributed by atoms with van der Waals surface area (Å²) in [7, 11) is -3.60. The molecule has 9 heteroatoms. The molecule has 26 heavy (non-hydrogen) atoms. The van der Waals surface area contributed by atoms with Gasteiger partial charge in [0.15, 0.2) is 5.82 Å². The van der Waals surface area contributed by atoms with Crippen molar-refractivity contribution in [3.63, 3.8) is 0 Å². The molecule has 0 bridgehead atoms. The van der Waals surface area contributed by atoms with E-state index in [-0.39, 0.29) is 4.21 Å². The molecule has 1 fully saturated rings. The van der Waals surface area contributed by atoms with E-state index >= 15 is 0 Å². The first-order chi connectivity index (χ1) is 12.5. The molecule has 0 unspecified atom stereocenters. The molecule has 136 valence electrons. The van der Waals surface area contributed by atoms with Crippen LogP contribution in [0.2, 0.25) is 0 Å². The van der Waals surface area contributed by atoms with E-state index in [0.29, 0.717) is 23.0 Å². The van der Waals surface area contributed by atoms with Crippen LogP contribution >= 0.6 is 11.3 Å². The lowest BCUT2D eigenvalue weighted by molar-refractivity contribution is 0.372. The smallest absolute Gasteiger partial charge is 0.271 e. The molecule has 1 aliphatic rings. The van der Waals surface area contributed by atoms with Gasteiger partial charge in [-0.05, 0) is 42.5 Å². The molecular formula is C17H18N4O3S2. The molecular weight excluding hydrogens is 372 g/mol. The Morgan fingerprint density at radius 1 is 1.19 bits per heavy atom. The number of rotatable bonds is 5. The van der Waals surface area contributed by atoms with Crippen LogP contribution < -0.4 is 10.5 Å². The van der Waals surface area contributed by atoms with Crippen LogP contribution in [-0.2, 0) is 15.6 Å². The van der Waals surface area contributed by atoms with Gasteiger partial charge in [-0.15, -0.1) is 11.3 Å². The number of nitrogens with two attached hydrogens (primary N) is 1. The largest absolute Gasteiger partial charge is 0.334 e. The van der Waals surface area contributed by atoms with Crippen molar-refractivity contribution >= 4 is 27.0 Å². The minimum atomic E-state index is -3.60. The van der Waals surface area contributed by atoms with Gasteiger partial charge in [-0.1, -0.05) is 30.1 Å². The molecule has 3 N–H and O–H groups in total. The van der Waals surface area contributed by atoms with Gasteiger partial charge in [0.1, 0.15) is 4.21 Å². The quantitative estimate of drug-likeness (QED) is 0.691. The standard InChI is InChI=1S/C17H18N4O3S2/c18-17(8-1-2-9-17)16-19-15(24-20-16)12-5-3-6-13(11-12)21-26(22,23)14-7-4-10-25-14/h3-7,10-11,21H,1-2,8-9,18H2. The molecule has 2 heterocycles. The topological polar surface area (TPSA) is 111 Å². The average molecular weight is 390 g/mol. The first kappa shape index (κ1) is 17.2. The van der Waals surface area contributed by atoms with E-state index in [1.54, 1.807) is 41.8 Å². The second-order valence-corrected chi connectivity index (χ2v) is 9.26. The highest BCUT2D eigenvalue weighted by atomic mass is 32.2. The van der Waals surface area contributed by atoms with Gasteiger partial charge < -0.3 is 10.3 Å². The summed E-state index contributed by atoms with van der Waals surface area (Å²) >= 11 is 1.16. The predicted octanol–water partition coefficient (Wildman–Crippen LogP) is 3.33. The summed E-state index contributed by atoms with van der Waals surface area (Å²) in [5.41, 5.74) is 6.90. The van der Waals surface area contributed by atoms with Crippen LogP contribution in [0.5, 0.6) is 0 Å². The fraction of sp³-hybridized carbons (Fsp3) is 0.294. The second-order valence-electron chi connectivity index (χ2n) is 6.40. The van der Waals surface area contributed by atoms with Crippen LogP contribution in [0.25, 0.3) is 11.5 Å². The Balaban J connectivity index is 1.60. The third-order valence-corrected chi connectivity index (χ3v) is 7.27. The summed E-state index contributed by atoms with van der Waals surface area (Å²) in [5, 5.41) is 5.76. The van der Waals surface area contributed by atoms with Gasteiger partial charge >= 0.3 is 0 Å². The van der Waals surface area contributed by atoms with Crippen molar-refractivity contribution in [3.8, 4) is 11.5 Å². The Labute approximate surface area is 155 Å². The number of nitrogens with zero attached hydrogens (tertiary/aromatic N) is 2. The van der Waals surface area contributed by atoms with Crippen LogP contribution in [0, 0.1) is 0 Å². The van der Waals surface area contributed by atoms with Crippen molar-refractivity contribution in [2.75, 3.05) is 4.72 Å². The highest BCUT2D eigenvalue weighted by molar-refractivity contribution is 7.94. The first-order valence-electron chi connectivity index (χ1n) is 8.26. The van der Waals surface area contributed by atoms with Gasteiger partial charge in [-0.25, -0.2) is 8.42 Å². The van der Waals surface area contributed by atoms with E-state index < -0.39 is 15.6 Å². The zero-order valence-electron chi connectivity index (χ0n) is 13.9. The zero-order valence-corrected chi connectivity index (χ0v) is 15.5. The van der Waals surface area contributed by atoms with Crippen LogP contribution in [0.4, 0.5) is 5.69 Å². The number of sulfonamides is 1. The summed E-state index contributed by atoms with van der Waals surface area (Å²) in [5.74, 6) is 0.837. The molecule has 0 spiro atoms. The highest BCUT2D eigenvalue weighted by Gasteiger charge is 2.36. The third-order valence-electron chi connectivity index (χ3n) is 4.49. The molecule has 4 rings (SSSR count). The number of nitrogens with one attached hydrogen (secondary N) is 1. The average Bonchev–Trinajstić information content (AvgIpc) is 3.36. The SMILES string of the molecule is NC1(c2noc(-c3cccc(NS(=O)(=O)c4cccs4)c3)n2)CCCC1. The summed E-state index contributed by atoms with van der Waals surface area (Å²) in [6, 6.07) is 10.1. The molecule has 0 amide bonds. The Hall–Kier alpha value is -2.23. The molecule has 0 saturated heterocycles. The number of hydrogen-bond donors (Lipinski definition) is 2. The highest BCUT2D eigenvalue weighted by Crippen LogP contribution is 2.35. The second kappa shape index (κ2) is 6.49. The van der Waals surface area contributed by atoms with Crippen molar-refractivity contribution in [2.45, 2.75) is 35.4 Å². The molecule has 1 saturated carbocycles. The van der Waals surface area contributed by atoms with Gasteiger partial charge in [-0.2, -0.15) is 4.98 Å². The maximum Gasteiger partial charge on any atom is 0.271 e. The third kappa shape index (κ3) is 3.25. The van der Waals surface area contributed by atoms with Crippen molar-refractivity contribution < 1.29 is 12.9 Å².